The van der Waals surface area contributed by atoms with Crippen LogP contribution in [-0.4, -0.2) is 24.8 Å². The molecule has 6 heteroatoms. The lowest BCUT2D eigenvalue weighted by atomic mass is 10.0. The van der Waals surface area contributed by atoms with Gasteiger partial charge in [0, 0.05) is 6.42 Å². The number of benzene rings is 1. The number of ether oxygens (including phenoxy) is 1. The molecule has 0 saturated carbocycles. The Balaban J connectivity index is 1.55. The number of nitrogens with zero attached hydrogens (tertiary/aromatic N) is 1. The van der Waals surface area contributed by atoms with Crippen LogP contribution in [0.25, 0.3) is 0 Å². The van der Waals surface area contributed by atoms with Crippen molar-refractivity contribution >= 4 is 11.6 Å². The number of oxime groups is 1. The van der Waals surface area contributed by atoms with E-state index in [0.717, 1.165) is 17.0 Å². The molecule has 114 valence electrons. The van der Waals surface area contributed by atoms with Gasteiger partial charge in [-0.05, 0) is 42.0 Å². The molecule has 1 amide bonds. The first-order valence-electron chi connectivity index (χ1n) is 6.93. The number of furan rings is 1. The van der Waals surface area contributed by atoms with Gasteiger partial charge >= 0.3 is 0 Å². The summed E-state index contributed by atoms with van der Waals surface area (Å²) in [6.07, 6.45) is 1.40. The van der Waals surface area contributed by atoms with E-state index < -0.39 is 6.10 Å². The van der Waals surface area contributed by atoms with Gasteiger partial charge in [-0.3, -0.25) is 4.79 Å². The first kappa shape index (κ1) is 14.2. The molecule has 0 unspecified atom stereocenters. The minimum absolute atomic E-state index is 0.205. The maximum atomic E-state index is 12.0. The van der Waals surface area contributed by atoms with Crippen molar-refractivity contribution in [1.82, 2.24) is 5.32 Å². The van der Waals surface area contributed by atoms with Crippen LogP contribution in [0.4, 0.5) is 0 Å². The SMILES string of the molecule is COc1ccc(C2=NO[C@@H](C(=O)NCc3ccco3)C2)cc1. The maximum absolute atomic E-state index is 12.0. The molecule has 22 heavy (non-hydrogen) atoms. The summed E-state index contributed by atoms with van der Waals surface area (Å²) in [7, 11) is 1.62. The van der Waals surface area contributed by atoms with Crippen LogP contribution in [-0.2, 0) is 16.2 Å². The summed E-state index contributed by atoms with van der Waals surface area (Å²) in [6, 6.07) is 11.1. The molecule has 1 N–H and O–H groups in total. The Kier molecular flexibility index (Phi) is 4.09. The first-order chi connectivity index (χ1) is 10.8. The van der Waals surface area contributed by atoms with Crippen molar-refractivity contribution in [3.63, 3.8) is 0 Å². The van der Waals surface area contributed by atoms with Crippen molar-refractivity contribution in [1.29, 1.82) is 0 Å². The first-order valence-corrected chi connectivity index (χ1v) is 6.93. The Morgan fingerprint density at radius 2 is 2.18 bits per heavy atom. The fraction of sp³-hybridized carbons (Fsp3) is 0.250. The predicted molar refractivity (Wildman–Crippen MR) is 79.6 cm³/mol. The highest BCUT2D eigenvalue weighted by Crippen LogP contribution is 2.19. The quantitative estimate of drug-likeness (QED) is 0.917. The lowest BCUT2D eigenvalue weighted by Gasteiger charge is -2.08. The summed E-state index contributed by atoms with van der Waals surface area (Å²) in [6.45, 7) is 0.337. The second-order valence-corrected chi connectivity index (χ2v) is 4.86. The van der Waals surface area contributed by atoms with E-state index in [4.69, 9.17) is 14.0 Å². The van der Waals surface area contributed by atoms with E-state index in [1.165, 1.54) is 0 Å². The zero-order chi connectivity index (χ0) is 15.4. The van der Waals surface area contributed by atoms with E-state index in [1.54, 1.807) is 25.5 Å². The van der Waals surface area contributed by atoms with Crippen LogP contribution in [0.3, 0.4) is 0 Å². The molecule has 0 fully saturated rings. The molecule has 1 aliphatic heterocycles. The molecule has 2 aromatic rings. The van der Waals surface area contributed by atoms with E-state index in [2.05, 4.69) is 10.5 Å². The lowest BCUT2D eigenvalue weighted by Crippen LogP contribution is -2.34. The standard InChI is InChI=1S/C16H16N2O4/c1-20-12-6-4-11(5-7-12)14-9-15(22-18-14)16(19)17-10-13-3-2-8-21-13/h2-8,15H,9-10H2,1H3,(H,17,19)/t15-/m1/s1. The molecule has 2 heterocycles. The van der Waals surface area contributed by atoms with Crippen molar-refractivity contribution in [2.45, 2.75) is 19.1 Å². The summed E-state index contributed by atoms with van der Waals surface area (Å²) >= 11 is 0. The zero-order valence-electron chi connectivity index (χ0n) is 12.1. The number of carbonyl (C=O) groups excluding carboxylic acids is 1. The lowest BCUT2D eigenvalue weighted by molar-refractivity contribution is -0.131. The van der Waals surface area contributed by atoms with Gasteiger partial charge in [-0.2, -0.15) is 0 Å². The summed E-state index contributed by atoms with van der Waals surface area (Å²) in [5.41, 5.74) is 1.67. The summed E-state index contributed by atoms with van der Waals surface area (Å²) < 4.78 is 10.3. The molecule has 0 bridgehead atoms. The number of hydrogen-bond acceptors (Lipinski definition) is 5. The fourth-order valence-electron chi connectivity index (χ4n) is 2.17. The van der Waals surface area contributed by atoms with E-state index in [1.807, 2.05) is 24.3 Å². The van der Waals surface area contributed by atoms with Crippen molar-refractivity contribution < 1.29 is 18.8 Å². The maximum Gasteiger partial charge on any atom is 0.264 e. The van der Waals surface area contributed by atoms with Crippen LogP contribution in [0.2, 0.25) is 0 Å². The van der Waals surface area contributed by atoms with Gasteiger partial charge in [-0.25, -0.2) is 0 Å². The molecule has 6 nitrogen and oxygen atoms in total. The van der Waals surface area contributed by atoms with Gasteiger partial charge in [-0.15, -0.1) is 0 Å². The average molecular weight is 300 g/mol. The average Bonchev–Trinajstić information content (AvgIpc) is 3.24. The number of amides is 1. The summed E-state index contributed by atoms with van der Waals surface area (Å²) in [5, 5.41) is 6.77. The number of nitrogens with one attached hydrogen (secondary N) is 1. The molecule has 1 aliphatic rings. The molecule has 1 aromatic carbocycles. The Morgan fingerprint density at radius 3 is 2.86 bits per heavy atom. The monoisotopic (exact) mass is 300 g/mol. The van der Waals surface area contributed by atoms with Crippen LogP contribution in [0.5, 0.6) is 5.75 Å². The van der Waals surface area contributed by atoms with Gasteiger partial charge in [0.2, 0.25) is 6.10 Å². The van der Waals surface area contributed by atoms with Crippen LogP contribution in [0.1, 0.15) is 17.7 Å². The fourth-order valence-corrected chi connectivity index (χ4v) is 2.17. The molecule has 0 saturated heterocycles. The Labute approximate surface area is 127 Å². The molecule has 0 aliphatic carbocycles. The second kappa shape index (κ2) is 6.34. The molecule has 1 aromatic heterocycles. The van der Waals surface area contributed by atoms with Crippen LogP contribution in [0, 0.1) is 0 Å². The van der Waals surface area contributed by atoms with Crippen molar-refractivity contribution in [2.75, 3.05) is 7.11 Å². The Hall–Kier alpha value is -2.76. The highest BCUT2D eigenvalue weighted by molar-refractivity contribution is 6.04. The minimum atomic E-state index is -0.605. The van der Waals surface area contributed by atoms with Crippen molar-refractivity contribution in [2.24, 2.45) is 5.16 Å². The van der Waals surface area contributed by atoms with Gasteiger partial charge in [0.15, 0.2) is 0 Å². The van der Waals surface area contributed by atoms with E-state index in [-0.39, 0.29) is 5.91 Å². The number of methoxy groups -OCH3 is 1. The molecule has 3 rings (SSSR count). The largest absolute Gasteiger partial charge is 0.497 e. The minimum Gasteiger partial charge on any atom is -0.497 e. The predicted octanol–water partition coefficient (Wildman–Crippen LogP) is 2.10. The summed E-state index contributed by atoms with van der Waals surface area (Å²) in [4.78, 5) is 17.3. The van der Waals surface area contributed by atoms with Gasteiger partial charge in [0.1, 0.15) is 11.5 Å². The Morgan fingerprint density at radius 1 is 1.36 bits per heavy atom. The topological polar surface area (TPSA) is 73.1 Å². The third kappa shape index (κ3) is 3.11. The van der Waals surface area contributed by atoms with Gasteiger partial charge < -0.3 is 19.3 Å². The second-order valence-electron chi connectivity index (χ2n) is 4.86. The number of rotatable bonds is 5. The zero-order valence-corrected chi connectivity index (χ0v) is 12.1. The molecule has 0 spiro atoms. The summed E-state index contributed by atoms with van der Waals surface area (Å²) in [5.74, 6) is 1.27. The van der Waals surface area contributed by atoms with Crippen LogP contribution < -0.4 is 10.1 Å². The highest BCUT2D eigenvalue weighted by Gasteiger charge is 2.28. The van der Waals surface area contributed by atoms with Gasteiger partial charge in [0.05, 0.1) is 25.6 Å². The Bertz CT molecular complexity index is 662. The van der Waals surface area contributed by atoms with Crippen molar-refractivity contribution in [3.8, 4) is 5.75 Å². The van der Waals surface area contributed by atoms with Crippen molar-refractivity contribution in [3.05, 3.63) is 54.0 Å². The highest BCUT2D eigenvalue weighted by atomic mass is 16.6. The molecular weight excluding hydrogens is 284 g/mol. The third-order valence-electron chi connectivity index (χ3n) is 3.40. The molecule has 1 atom stereocenters. The van der Waals surface area contributed by atoms with Gasteiger partial charge in [-0.1, -0.05) is 5.16 Å². The van der Waals surface area contributed by atoms with E-state index in [9.17, 15) is 4.79 Å². The van der Waals surface area contributed by atoms with Gasteiger partial charge in [0.25, 0.3) is 5.91 Å². The van der Waals surface area contributed by atoms with Crippen LogP contribution >= 0.6 is 0 Å². The number of hydrogen-bond donors (Lipinski definition) is 1. The normalized spacial score (nSPS) is 16.8. The van der Waals surface area contributed by atoms with E-state index >= 15 is 0 Å². The molecular formula is C16H16N2O4. The van der Waals surface area contributed by atoms with E-state index in [0.29, 0.717) is 18.7 Å². The van der Waals surface area contributed by atoms with Crippen LogP contribution in [0.15, 0.2) is 52.2 Å². The third-order valence-corrected chi connectivity index (χ3v) is 3.40. The number of carbonyl (C=O) groups is 1. The smallest absolute Gasteiger partial charge is 0.264 e. The molecule has 0 radical (unpaired) electrons.